The normalized spacial score (nSPS) is 25.0. The molecule has 0 bridgehead atoms. The second-order valence-electron chi connectivity index (χ2n) is 4.91. The van der Waals surface area contributed by atoms with Crippen LogP contribution in [-0.2, 0) is 5.54 Å². The summed E-state index contributed by atoms with van der Waals surface area (Å²) in [5, 5.41) is 13.8. The predicted molar refractivity (Wildman–Crippen MR) is 69.9 cm³/mol. The third kappa shape index (κ3) is 1.76. The monoisotopic (exact) mass is 283 g/mol. The molecule has 0 aromatic heterocycles. The third-order valence-electron chi connectivity index (χ3n) is 3.54. The van der Waals surface area contributed by atoms with Crippen molar-refractivity contribution in [2.24, 2.45) is 0 Å². The Balaban J connectivity index is 2.60. The maximum absolute atomic E-state index is 10.3. The lowest BCUT2D eigenvalue weighted by Crippen LogP contribution is -2.34. The van der Waals surface area contributed by atoms with Crippen LogP contribution in [0.4, 0.5) is 0 Å². The number of halogens is 1. The summed E-state index contributed by atoms with van der Waals surface area (Å²) in [6.07, 6.45) is 2.25. The molecule has 0 radical (unpaired) electrons. The van der Waals surface area contributed by atoms with Crippen LogP contribution in [0.25, 0.3) is 0 Å². The molecule has 1 aliphatic rings. The molecule has 1 fully saturated rings. The lowest BCUT2D eigenvalue weighted by molar-refractivity contribution is 0.390. The van der Waals surface area contributed by atoms with Gasteiger partial charge in [-0.25, -0.2) is 0 Å². The van der Waals surface area contributed by atoms with Gasteiger partial charge in [-0.1, -0.05) is 6.07 Å². The van der Waals surface area contributed by atoms with Gasteiger partial charge in [0.1, 0.15) is 5.75 Å². The van der Waals surface area contributed by atoms with Gasteiger partial charge in [-0.2, -0.15) is 0 Å². The van der Waals surface area contributed by atoms with E-state index < -0.39 is 0 Å². The number of rotatable bonds is 1. The van der Waals surface area contributed by atoms with Crippen molar-refractivity contribution in [2.45, 2.75) is 39.2 Å². The minimum Gasteiger partial charge on any atom is -0.506 e. The lowest BCUT2D eigenvalue weighted by atomic mass is 9.86. The number of hydrogen-bond acceptors (Lipinski definition) is 2. The standard InChI is InChI=1S/C13H18BrNO/c1-8-7-9(2)11(14)12(16)10(8)13(3)5-4-6-15-13/h7,15-16H,4-6H2,1-3H3. The summed E-state index contributed by atoms with van der Waals surface area (Å²) >= 11 is 3.46. The van der Waals surface area contributed by atoms with Crippen molar-refractivity contribution in [1.29, 1.82) is 0 Å². The van der Waals surface area contributed by atoms with Crippen molar-refractivity contribution in [3.63, 3.8) is 0 Å². The zero-order valence-electron chi connectivity index (χ0n) is 10.0. The highest BCUT2D eigenvalue weighted by atomic mass is 79.9. The zero-order chi connectivity index (χ0) is 11.9. The van der Waals surface area contributed by atoms with Crippen LogP contribution in [0.15, 0.2) is 10.5 Å². The summed E-state index contributed by atoms with van der Waals surface area (Å²) in [4.78, 5) is 0. The fourth-order valence-corrected chi connectivity index (χ4v) is 3.06. The van der Waals surface area contributed by atoms with Crippen molar-refractivity contribution in [2.75, 3.05) is 6.54 Å². The van der Waals surface area contributed by atoms with E-state index in [1.165, 1.54) is 6.42 Å². The van der Waals surface area contributed by atoms with Crippen LogP contribution in [0, 0.1) is 13.8 Å². The maximum Gasteiger partial charge on any atom is 0.135 e. The predicted octanol–water partition coefficient (Wildman–Crippen LogP) is 3.37. The van der Waals surface area contributed by atoms with Gasteiger partial charge in [0.15, 0.2) is 0 Å². The summed E-state index contributed by atoms with van der Waals surface area (Å²) in [5.41, 5.74) is 3.21. The van der Waals surface area contributed by atoms with Gasteiger partial charge in [0.2, 0.25) is 0 Å². The van der Waals surface area contributed by atoms with Crippen LogP contribution < -0.4 is 5.32 Å². The number of aryl methyl sites for hydroxylation is 2. The van der Waals surface area contributed by atoms with Gasteiger partial charge in [0, 0.05) is 11.1 Å². The van der Waals surface area contributed by atoms with Crippen LogP contribution in [0.3, 0.4) is 0 Å². The highest BCUT2D eigenvalue weighted by molar-refractivity contribution is 9.10. The minimum atomic E-state index is -0.0790. The fourth-order valence-electron chi connectivity index (χ4n) is 2.75. The molecule has 0 aliphatic carbocycles. The summed E-state index contributed by atoms with van der Waals surface area (Å²) in [6, 6.07) is 2.13. The summed E-state index contributed by atoms with van der Waals surface area (Å²) < 4.78 is 0.822. The van der Waals surface area contributed by atoms with Crippen LogP contribution in [0.1, 0.15) is 36.5 Å². The van der Waals surface area contributed by atoms with Gasteiger partial charge in [0.25, 0.3) is 0 Å². The molecule has 0 spiro atoms. The number of phenolic OH excluding ortho intramolecular Hbond substituents is 1. The van der Waals surface area contributed by atoms with E-state index in [4.69, 9.17) is 0 Å². The Morgan fingerprint density at radius 3 is 2.62 bits per heavy atom. The fraction of sp³-hybridized carbons (Fsp3) is 0.538. The number of aromatic hydroxyl groups is 1. The molecule has 1 heterocycles. The summed E-state index contributed by atoms with van der Waals surface area (Å²) in [5.74, 6) is 0.398. The molecule has 1 saturated heterocycles. The van der Waals surface area contributed by atoms with E-state index in [0.717, 1.165) is 34.1 Å². The Labute approximate surface area is 105 Å². The molecule has 1 aliphatic heterocycles. The summed E-state index contributed by atoms with van der Waals surface area (Å²) in [7, 11) is 0. The molecule has 1 unspecified atom stereocenters. The van der Waals surface area contributed by atoms with Gasteiger partial charge >= 0.3 is 0 Å². The SMILES string of the molecule is Cc1cc(C)c(C2(C)CCCN2)c(O)c1Br. The quantitative estimate of drug-likeness (QED) is 0.828. The smallest absolute Gasteiger partial charge is 0.135 e. The Morgan fingerprint density at radius 2 is 2.06 bits per heavy atom. The van der Waals surface area contributed by atoms with E-state index in [-0.39, 0.29) is 5.54 Å². The number of phenols is 1. The molecular formula is C13H18BrNO. The molecule has 1 aromatic rings. The van der Waals surface area contributed by atoms with Crippen LogP contribution >= 0.6 is 15.9 Å². The topological polar surface area (TPSA) is 32.3 Å². The molecular weight excluding hydrogens is 266 g/mol. The number of nitrogens with one attached hydrogen (secondary N) is 1. The van der Waals surface area contributed by atoms with E-state index in [9.17, 15) is 5.11 Å². The first-order valence-electron chi connectivity index (χ1n) is 5.70. The van der Waals surface area contributed by atoms with E-state index in [2.05, 4.69) is 41.2 Å². The van der Waals surface area contributed by atoms with Gasteiger partial charge in [0.05, 0.1) is 4.47 Å². The molecule has 88 valence electrons. The Hall–Kier alpha value is -0.540. The first-order chi connectivity index (χ1) is 7.46. The molecule has 2 nitrogen and oxygen atoms in total. The Bertz CT molecular complexity index is 422. The van der Waals surface area contributed by atoms with Gasteiger partial charge in [-0.05, 0) is 67.2 Å². The molecule has 2 rings (SSSR count). The molecule has 1 atom stereocenters. The van der Waals surface area contributed by atoms with Crippen molar-refractivity contribution in [1.82, 2.24) is 5.32 Å². The first-order valence-corrected chi connectivity index (χ1v) is 6.49. The van der Waals surface area contributed by atoms with Crippen molar-refractivity contribution >= 4 is 15.9 Å². The van der Waals surface area contributed by atoms with Crippen LogP contribution in [0.5, 0.6) is 5.75 Å². The van der Waals surface area contributed by atoms with Crippen molar-refractivity contribution in [3.05, 3.63) is 27.2 Å². The highest BCUT2D eigenvalue weighted by Crippen LogP contribution is 2.42. The average Bonchev–Trinajstić information content (AvgIpc) is 2.62. The van der Waals surface area contributed by atoms with Crippen molar-refractivity contribution < 1.29 is 5.11 Å². The Morgan fingerprint density at radius 1 is 1.38 bits per heavy atom. The zero-order valence-corrected chi connectivity index (χ0v) is 11.6. The molecule has 16 heavy (non-hydrogen) atoms. The Kier molecular flexibility index (Phi) is 3.01. The lowest BCUT2D eigenvalue weighted by Gasteiger charge is -2.28. The maximum atomic E-state index is 10.3. The van der Waals surface area contributed by atoms with E-state index >= 15 is 0 Å². The second kappa shape index (κ2) is 4.04. The molecule has 1 aromatic carbocycles. The molecule has 0 amide bonds. The second-order valence-corrected chi connectivity index (χ2v) is 5.70. The first kappa shape index (κ1) is 11.9. The van der Waals surface area contributed by atoms with Gasteiger partial charge < -0.3 is 10.4 Å². The van der Waals surface area contributed by atoms with Gasteiger partial charge in [-0.15, -0.1) is 0 Å². The van der Waals surface area contributed by atoms with Crippen molar-refractivity contribution in [3.8, 4) is 5.75 Å². The van der Waals surface area contributed by atoms with Gasteiger partial charge in [-0.3, -0.25) is 0 Å². The molecule has 0 saturated carbocycles. The van der Waals surface area contributed by atoms with Crippen LogP contribution in [0.2, 0.25) is 0 Å². The molecule has 2 N–H and O–H groups in total. The van der Waals surface area contributed by atoms with E-state index in [1.807, 2.05) is 6.92 Å². The average molecular weight is 284 g/mol. The highest BCUT2D eigenvalue weighted by Gasteiger charge is 2.34. The summed E-state index contributed by atoms with van der Waals surface area (Å²) in [6.45, 7) is 7.27. The third-order valence-corrected chi connectivity index (χ3v) is 4.54. The van der Waals surface area contributed by atoms with E-state index in [1.54, 1.807) is 0 Å². The number of hydrogen-bond donors (Lipinski definition) is 2. The largest absolute Gasteiger partial charge is 0.506 e. The minimum absolute atomic E-state index is 0.0790. The van der Waals surface area contributed by atoms with Crippen LogP contribution in [-0.4, -0.2) is 11.7 Å². The number of benzene rings is 1. The van der Waals surface area contributed by atoms with E-state index in [0.29, 0.717) is 5.75 Å². The molecule has 3 heteroatoms.